The number of rotatable bonds is 6. The lowest BCUT2D eigenvalue weighted by atomic mass is 10.1. The third-order valence-corrected chi connectivity index (χ3v) is 3.16. The largest absolute Gasteiger partial charge is 0.453 e. The Kier molecular flexibility index (Phi) is 4.58. The summed E-state index contributed by atoms with van der Waals surface area (Å²) < 4.78 is 10.4. The van der Waals surface area contributed by atoms with Crippen LogP contribution in [0, 0.1) is 0 Å². The summed E-state index contributed by atoms with van der Waals surface area (Å²) in [7, 11) is 1.62. The summed E-state index contributed by atoms with van der Waals surface area (Å²) in [5.74, 6) is 0.0885. The standard InChI is InChI=1S/C14H16ClNO3/c1-18-6-2-3-11(16)14(17)13-8-9-7-10(15)4-5-12(9)19-13/h4-5,7-8,11H,2-3,6,16H2,1H3. The maximum absolute atomic E-state index is 12.1. The molecule has 0 aliphatic rings. The van der Waals surface area contributed by atoms with Gasteiger partial charge in [-0.25, -0.2) is 0 Å². The molecule has 0 saturated carbocycles. The maximum Gasteiger partial charge on any atom is 0.214 e. The summed E-state index contributed by atoms with van der Waals surface area (Å²) in [5, 5.41) is 1.41. The molecule has 4 nitrogen and oxygen atoms in total. The van der Waals surface area contributed by atoms with Crippen LogP contribution in [0.5, 0.6) is 0 Å². The molecule has 0 aliphatic carbocycles. The van der Waals surface area contributed by atoms with Gasteiger partial charge in [0.25, 0.3) is 0 Å². The topological polar surface area (TPSA) is 65.5 Å². The van der Waals surface area contributed by atoms with E-state index >= 15 is 0 Å². The van der Waals surface area contributed by atoms with E-state index in [1.54, 1.807) is 31.4 Å². The molecule has 0 bridgehead atoms. The van der Waals surface area contributed by atoms with Crippen LogP contribution in [0.3, 0.4) is 0 Å². The Morgan fingerprint density at radius 3 is 3.00 bits per heavy atom. The van der Waals surface area contributed by atoms with E-state index in [4.69, 9.17) is 26.5 Å². The highest BCUT2D eigenvalue weighted by Crippen LogP contribution is 2.23. The molecule has 0 amide bonds. The molecule has 1 atom stereocenters. The van der Waals surface area contributed by atoms with Crippen molar-refractivity contribution in [2.24, 2.45) is 5.73 Å². The van der Waals surface area contributed by atoms with Crippen LogP contribution in [0.1, 0.15) is 23.4 Å². The first-order valence-corrected chi connectivity index (χ1v) is 6.47. The highest BCUT2D eigenvalue weighted by Gasteiger charge is 2.19. The first kappa shape index (κ1) is 14.1. The molecule has 1 heterocycles. The van der Waals surface area contributed by atoms with Crippen molar-refractivity contribution in [2.45, 2.75) is 18.9 Å². The van der Waals surface area contributed by atoms with Crippen LogP contribution < -0.4 is 5.73 Å². The van der Waals surface area contributed by atoms with Crippen LogP contribution in [0.4, 0.5) is 0 Å². The first-order valence-electron chi connectivity index (χ1n) is 6.09. The fourth-order valence-corrected chi connectivity index (χ4v) is 2.08. The SMILES string of the molecule is COCCCC(N)C(=O)c1cc2cc(Cl)ccc2o1. The van der Waals surface area contributed by atoms with Crippen molar-refractivity contribution in [3.63, 3.8) is 0 Å². The third kappa shape index (κ3) is 3.35. The molecule has 0 saturated heterocycles. The summed E-state index contributed by atoms with van der Waals surface area (Å²) in [6, 6.07) is 6.34. The predicted octanol–water partition coefficient (Wildman–Crippen LogP) is 3.02. The normalized spacial score (nSPS) is 12.8. The second-order valence-electron chi connectivity index (χ2n) is 4.40. The zero-order chi connectivity index (χ0) is 13.8. The number of benzene rings is 1. The Morgan fingerprint density at radius 1 is 1.47 bits per heavy atom. The fourth-order valence-electron chi connectivity index (χ4n) is 1.90. The number of ketones is 1. The highest BCUT2D eigenvalue weighted by atomic mass is 35.5. The number of ether oxygens (including phenoxy) is 1. The van der Waals surface area contributed by atoms with Crippen molar-refractivity contribution in [3.8, 4) is 0 Å². The lowest BCUT2D eigenvalue weighted by molar-refractivity contribution is 0.0925. The number of hydrogen-bond donors (Lipinski definition) is 1. The molecule has 19 heavy (non-hydrogen) atoms. The van der Waals surface area contributed by atoms with Gasteiger partial charge in [-0.3, -0.25) is 4.79 Å². The van der Waals surface area contributed by atoms with Crippen molar-refractivity contribution in [3.05, 3.63) is 35.0 Å². The molecular weight excluding hydrogens is 266 g/mol. The van der Waals surface area contributed by atoms with Crippen molar-refractivity contribution in [1.82, 2.24) is 0 Å². The van der Waals surface area contributed by atoms with Crippen LogP contribution in [0.25, 0.3) is 11.0 Å². The number of carbonyl (C=O) groups is 1. The molecule has 102 valence electrons. The molecule has 0 spiro atoms. The number of hydrogen-bond acceptors (Lipinski definition) is 4. The molecule has 2 N–H and O–H groups in total. The quantitative estimate of drug-likeness (QED) is 0.653. The minimum atomic E-state index is -0.564. The molecule has 0 aliphatic heterocycles. The zero-order valence-electron chi connectivity index (χ0n) is 10.7. The minimum absolute atomic E-state index is 0.191. The fraction of sp³-hybridized carbons (Fsp3) is 0.357. The molecule has 5 heteroatoms. The van der Waals surface area contributed by atoms with Gasteiger partial charge in [-0.15, -0.1) is 0 Å². The molecule has 2 aromatic rings. The van der Waals surface area contributed by atoms with Crippen LogP contribution in [-0.4, -0.2) is 25.5 Å². The maximum atomic E-state index is 12.1. The zero-order valence-corrected chi connectivity index (χ0v) is 11.4. The first-order chi connectivity index (χ1) is 9.11. The average molecular weight is 282 g/mol. The molecule has 1 aromatic heterocycles. The smallest absolute Gasteiger partial charge is 0.214 e. The molecule has 0 fully saturated rings. The summed E-state index contributed by atoms with van der Waals surface area (Å²) in [6.07, 6.45) is 1.32. The van der Waals surface area contributed by atoms with Crippen molar-refractivity contribution < 1.29 is 13.9 Å². The van der Waals surface area contributed by atoms with E-state index in [-0.39, 0.29) is 11.5 Å². The number of carbonyl (C=O) groups excluding carboxylic acids is 1. The summed E-state index contributed by atoms with van der Waals surface area (Å²) >= 11 is 5.89. The number of fused-ring (bicyclic) bond motifs is 1. The van der Waals surface area contributed by atoms with Crippen molar-refractivity contribution >= 4 is 28.4 Å². The average Bonchev–Trinajstić information content (AvgIpc) is 2.80. The number of Topliss-reactive ketones (excluding diaryl/α,β-unsaturated/α-hetero) is 1. The van der Waals surface area contributed by atoms with Gasteiger partial charge in [0.2, 0.25) is 5.78 Å². The van der Waals surface area contributed by atoms with E-state index in [0.717, 1.165) is 11.8 Å². The van der Waals surface area contributed by atoms with Crippen LogP contribution in [-0.2, 0) is 4.74 Å². The number of nitrogens with two attached hydrogens (primary N) is 1. The minimum Gasteiger partial charge on any atom is -0.453 e. The van der Waals surface area contributed by atoms with Crippen molar-refractivity contribution in [1.29, 1.82) is 0 Å². The van der Waals surface area contributed by atoms with E-state index < -0.39 is 6.04 Å². The van der Waals surface area contributed by atoms with E-state index in [2.05, 4.69) is 0 Å². The van der Waals surface area contributed by atoms with Gasteiger partial charge in [0.05, 0.1) is 6.04 Å². The predicted molar refractivity (Wildman–Crippen MR) is 74.6 cm³/mol. The third-order valence-electron chi connectivity index (χ3n) is 2.92. The van der Waals surface area contributed by atoms with E-state index in [1.165, 1.54) is 0 Å². The molecule has 1 aromatic carbocycles. The molecule has 1 unspecified atom stereocenters. The van der Waals surface area contributed by atoms with Gasteiger partial charge in [0.1, 0.15) is 5.58 Å². The number of halogens is 1. The summed E-state index contributed by atoms with van der Waals surface area (Å²) in [4.78, 5) is 12.1. The van der Waals surface area contributed by atoms with Crippen LogP contribution >= 0.6 is 11.6 Å². The summed E-state index contributed by atoms with van der Waals surface area (Å²) in [5.41, 5.74) is 6.49. The van der Waals surface area contributed by atoms with Gasteiger partial charge in [0, 0.05) is 24.1 Å². The van der Waals surface area contributed by atoms with E-state index in [9.17, 15) is 4.79 Å². The Morgan fingerprint density at radius 2 is 2.26 bits per heavy atom. The van der Waals surface area contributed by atoms with E-state index in [0.29, 0.717) is 23.6 Å². The lowest BCUT2D eigenvalue weighted by Gasteiger charge is -2.07. The van der Waals surface area contributed by atoms with Gasteiger partial charge in [0.15, 0.2) is 5.76 Å². The number of methoxy groups -OCH3 is 1. The molecule has 0 radical (unpaired) electrons. The number of furan rings is 1. The summed E-state index contributed by atoms with van der Waals surface area (Å²) in [6.45, 7) is 0.594. The monoisotopic (exact) mass is 281 g/mol. The Balaban J connectivity index is 2.12. The van der Waals surface area contributed by atoms with Gasteiger partial charge in [-0.1, -0.05) is 11.6 Å². The second-order valence-corrected chi connectivity index (χ2v) is 4.84. The Hall–Kier alpha value is -1.36. The molecule has 2 rings (SSSR count). The van der Waals surface area contributed by atoms with Gasteiger partial charge in [-0.2, -0.15) is 0 Å². The lowest BCUT2D eigenvalue weighted by Crippen LogP contribution is -2.30. The molecular formula is C14H16ClNO3. The Labute approximate surface area is 116 Å². The van der Waals surface area contributed by atoms with Gasteiger partial charge >= 0.3 is 0 Å². The van der Waals surface area contributed by atoms with Gasteiger partial charge < -0.3 is 14.9 Å². The highest BCUT2D eigenvalue weighted by molar-refractivity contribution is 6.31. The van der Waals surface area contributed by atoms with Crippen molar-refractivity contribution in [2.75, 3.05) is 13.7 Å². The van der Waals surface area contributed by atoms with E-state index in [1.807, 2.05) is 0 Å². The second kappa shape index (κ2) is 6.19. The van der Waals surface area contributed by atoms with Crippen LogP contribution in [0.2, 0.25) is 5.02 Å². The van der Waals surface area contributed by atoms with Gasteiger partial charge in [-0.05, 0) is 37.1 Å². The Bertz CT molecular complexity index is 579. The van der Waals surface area contributed by atoms with Crippen LogP contribution in [0.15, 0.2) is 28.7 Å².